The van der Waals surface area contributed by atoms with Gasteiger partial charge in [0.25, 0.3) is 11.8 Å². The molecule has 1 N–H and O–H groups in total. The first-order chi connectivity index (χ1) is 13.4. The molecule has 1 aliphatic rings. The van der Waals surface area contributed by atoms with Gasteiger partial charge in [-0.05, 0) is 42.7 Å². The molecular formula is C22H28N4O2. The van der Waals surface area contributed by atoms with E-state index < -0.39 is 0 Å². The summed E-state index contributed by atoms with van der Waals surface area (Å²) in [5.74, 6) is 0.0651. The van der Waals surface area contributed by atoms with Gasteiger partial charge in [0.1, 0.15) is 5.69 Å². The molecule has 1 aliphatic heterocycles. The van der Waals surface area contributed by atoms with Crippen LogP contribution >= 0.6 is 0 Å². The Balaban J connectivity index is 1.62. The molecule has 0 spiro atoms. The van der Waals surface area contributed by atoms with Crippen LogP contribution in [0.5, 0.6) is 0 Å². The van der Waals surface area contributed by atoms with Gasteiger partial charge in [-0.25, -0.2) is 0 Å². The highest BCUT2D eigenvalue weighted by Crippen LogP contribution is 2.18. The molecule has 1 fully saturated rings. The van der Waals surface area contributed by atoms with Crippen LogP contribution in [-0.2, 0) is 0 Å². The summed E-state index contributed by atoms with van der Waals surface area (Å²) in [6.45, 7) is 9.63. The van der Waals surface area contributed by atoms with Gasteiger partial charge < -0.3 is 15.1 Å². The first kappa shape index (κ1) is 19.9. The third kappa shape index (κ3) is 4.88. The Bertz CT molecular complexity index is 842. The summed E-state index contributed by atoms with van der Waals surface area (Å²) in [7, 11) is 0. The molecule has 1 aromatic heterocycles. The monoisotopic (exact) mass is 380 g/mol. The lowest BCUT2D eigenvalue weighted by Gasteiger charge is -2.36. The lowest BCUT2D eigenvalue weighted by Crippen LogP contribution is -2.48. The predicted molar refractivity (Wildman–Crippen MR) is 111 cm³/mol. The van der Waals surface area contributed by atoms with Crippen molar-refractivity contribution in [1.82, 2.24) is 15.2 Å². The molecule has 1 saturated heterocycles. The van der Waals surface area contributed by atoms with Crippen LogP contribution in [0.15, 0.2) is 42.6 Å². The minimum absolute atomic E-state index is 0.0517. The first-order valence-electron chi connectivity index (χ1n) is 9.79. The van der Waals surface area contributed by atoms with Crippen molar-refractivity contribution in [3.8, 4) is 0 Å². The van der Waals surface area contributed by atoms with Crippen LogP contribution in [0, 0.1) is 12.8 Å². The van der Waals surface area contributed by atoms with Gasteiger partial charge >= 0.3 is 0 Å². The number of hydrogen-bond acceptors (Lipinski definition) is 4. The summed E-state index contributed by atoms with van der Waals surface area (Å²) < 4.78 is 0. The van der Waals surface area contributed by atoms with Gasteiger partial charge in [-0.1, -0.05) is 26.0 Å². The number of benzene rings is 1. The van der Waals surface area contributed by atoms with Gasteiger partial charge in [0.2, 0.25) is 0 Å². The van der Waals surface area contributed by atoms with E-state index in [-0.39, 0.29) is 17.5 Å². The highest BCUT2D eigenvalue weighted by Gasteiger charge is 2.23. The molecule has 2 aromatic rings. The smallest absolute Gasteiger partial charge is 0.269 e. The molecule has 0 unspecified atom stereocenters. The van der Waals surface area contributed by atoms with Crippen molar-refractivity contribution in [3.05, 3.63) is 59.4 Å². The maximum absolute atomic E-state index is 12.9. The standard InChI is InChI=1S/C22H28N4O2/c1-16(2)15-24-21(27)20-14-18(7-8-23-20)22(28)26-11-9-25(10-12-26)19-6-4-5-17(3)13-19/h4-8,13-14,16H,9-12,15H2,1-3H3,(H,24,27). The van der Waals surface area contributed by atoms with Gasteiger partial charge in [0.05, 0.1) is 0 Å². The predicted octanol–water partition coefficient (Wildman–Crippen LogP) is 2.74. The van der Waals surface area contributed by atoms with Gasteiger partial charge in [0, 0.05) is 50.2 Å². The van der Waals surface area contributed by atoms with Crippen LogP contribution in [0.25, 0.3) is 0 Å². The molecule has 3 rings (SSSR count). The molecule has 6 nitrogen and oxygen atoms in total. The van der Waals surface area contributed by atoms with Gasteiger partial charge in [0.15, 0.2) is 0 Å². The quantitative estimate of drug-likeness (QED) is 0.866. The van der Waals surface area contributed by atoms with E-state index in [2.05, 4.69) is 46.4 Å². The SMILES string of the molecule is Cc1cccc(N2CCN(C(=O)c3ccnc(C(=O)NCC(C)C)c3)CC2)c1. The van der Waals surface area contributed by atoms with Crippen LogP contribution in [0.3, 0.4) is 0 Å². The molecule has 6 heteroatoms. The summed E-state index contributed by atoms with van der Waals surface area (Å²) in [5.41, 5.74) is 3.22. The topological polar surface area (TPSA) is 65.5 Å². The van der Waals surface area contributed by atoms with Crippen LogP contribution in [0.1, 0.15) is 40.3 Å². The molecular weight excluding hydrogens is 352 g/mol. The van der Waals surface area contributed by atoms with E-state index in [0.717, 1.165) is 13.1 Å². The summed E-state index contributed by atoms with van der Waals surface area (Å²) in [5, 5.41) is 2.84. The van der Waals surface area contributed by atoms with Crippen molar-refractivity contribution in [1.29, 1.82) is 0 Å². The lowest BCUT2D eigenvalue weighted by molar-refractivity contribution is 0.0746. The number of carbonyl (C=O) groups excluding carboxylic acids is 2. The van der Waals surface area contributed by atoms with Crippen LogP contribution < -0.4 is 10.2 Å². The largest absolute Gasteiger partial charge is 0.368 e. The molecule has 2 heterocycles. The zero-order valence-electron chi connectivity index (χ0n) is 16.8. The average Bonchev–Trinajstić information content (AvgIpc) is 2.71. The third-order valence-electron chi connectivity index (χ3n) is 4.84. The molecule has 148 valence electrons. The van der Waals surface area contributed by atoms with E-state index >= 15 is 0 Å². The van der Waals surface area contributed by atoms with Crippen molar-refractivity contribution in [2.75, 3.05) is 37.6 Å². The van der Waals surface area contributed by atoms with Crippen molar-refractivity contribution in [3.63, 3.8) is 0 Å². The second-order valence-corrected chi connectivity index (χ2v) is 7.65. The Morgan fingerprint density at radius 2 is 1.86 bits per heavy atom. The number of aryl methyl sites for hydroxylation is 1. The summed E-state index contributed by atoms with van der Waals surface area (Å²) in [6, 6.07) is 11.7. The molecule has 0 atom stereocenters. The summed E-state index contributed by atoms with van der Waals surface area (Å²) in [4.78, 5) is 33.4. The minimum Gasteiger partial charge on any atom is -0.368 e. The number of piperazine rings is 1. The number of aromatic nitrogens is 1. The zero-order valence-corrected chi connectivity index (χ0v) is 16.8. The first-order valence-corrected chi connectivity index (χ1v) is 9.79. The Morgan fingerprint density at radius 1 is 1.11 bits per heavy atom. The average molecular weight is 380 g/mol. The van der Waals surface area contributed by atoms with Crippen molar-refractivity contribution in [2.45, 2.75) is 20.8 Å². The van der Waals surface area contributed by atoms with Gasteiger partial charge in [-0.3, -0.25) is 14.6 Å². The Kier molecular flexibility index (Phi) is 6.29. The minimum atomic E-state index is -0.243. The molecule has 0 saturated carbocycles. The number of anilines is 1. The van der Waals surface area contributed by atoms with Crippen LogP contribution in [0.4, 0.5) is 5.69 Å². The number of carbonyl (C=O) groups is 2. The van der Waals surface area contributed by atoms with Crippen molar-refractivity contribution in [2.24, 2.45) is 5.92 Å². The Morgan fingerprint density at radius 3 is 2.54 bits per heavy atom. The molecule has 0 radical (unpaired) electrons. The number of hydrogen-bond donors (Lipinski definition) is 1. The van der Waals surface area contributed by atoms with Crippen molar-refractivity contribution < 1.29 is 9.59 Å². The second kappa shape index (κ2) is 8.87. The fraction of sp³-hybridized carbons (Fsp3) is 0.409. The maximum Gasteiger partial charge on any atom is 0.269 e. The normalized spacial score (nSPS) is 14.3. The number of nitrogens with zero attached hydrogens (tertiary/aromatic N) is 3. The summed E-state index contributed by atoms with van der Waals surface area (Å²) >= 11 is 0. The summed E-state index contributed by atoms with van der Waals surface area (Å²) in [6.07, 6.45) is 1.53. The third-order valence-corrected chi connectivity index (χ3v) is 4.84. The van der Waals surface area contributed by atoms with E-state index in [0.29, 0.717) is 31.1 Å². The van der Waals surface area contributed by atoms with E-state index in [9.17, 15) is 9.59 Å². The fourth-order valence-corrected chi connectivity index (χ4v) is 3.25. The number of amides is 2. The molecule has 2 amide bonds. The van der Waals surface area contributed by atoms with Crippen LogP contribution in [-0.4, -0.2) is 54.4 Å². The fourth-order valence-electron chi connectivity index (χ4n) is 3.25. The van der Waals surface area contributed by atoms with Crippen molar-refractivity contribution >= 4 is 17.5 Å². The van der Waals surface area contributed by atoms with Gasteiger partial charge in [-0.15, -0.1) is 0 Å². The molecule has 0 aliphatic carbocycles. The number of rotatable bonds is 5. The number of nitrogens with one attached hydrogen (secondary N) is 1. The van der Waals surface area contributed by atoms with E-state index in [1.54, 1.807) is 12.1 Å². The molecule has 28 heavy (non-hydrogen) atoms. The van der Waals surface area contributed by atoms with E-state index in [1.165, 1.54) is 17.4 Å². The van der Waals surface area contributed by atoms with Crippen LogP contribution in [0.2, 0.25) is 0 Å². The molecule has 1 aromatic carbocycles. The Labute approximate surface area is 166 Å². The number of pyridine rings is 1. The lowest BCUT2D eigenvalue weighted by atomic mass is 10.1. The Hall–Kier alpha value is -2.89. The van der Waals surface area contributed by atoms with E-state index in [1.807, 2.05) is 18.7 Å². The molecule has 0 bridgehead atoms. The second-order valence-electron chi connectivity index (χ2n) is 7.65. The maximum atomic E-state index is 12.9. The van der Waals surface area contributed by atoms with Gasteiger partial charge in [-0.2, -0.15) is 0 Å². The zero-order chi connectivity index (χ0) is 20.1. The van der Waals surface area contributed by atoms with E-state index in [4.69, 9.17) is 0 Å². The highest BCUT2D eigenvalue weighted by atomic mass is 16.2. The highest BCUT2D eigenvalue weighted by molar-refractivity contribution is 5.98.